The van der Waals surface area contributed by atoms with Crippen molar-refractivity contribution in [1.82, 2.24) is 20.2 Å². The van der Waals surface area contributed by atoms with Crippen LogP contribution in [0, 0.1) is 0 Å². The maximum absolute atomic E-state index is 13.7. The molecule has 0 unspecified atom stereocenters. The first-order chi connectivity index (χ1) is 16.2. The van der Waals surface area contributed by atoms with Gasteiger partial charge in [-0.05, 0) is 43.9 Å². The first kappa shape index (κ1) is 24.3. The van der Waals surface area contributed by atoms with E-state index in [0.717, 1.165) is 30.5 Å². The number of aryl methyl sites for hydroxylation is 1. The SMILES string of the molecule is CCc1ccc([C@@H]2CC[C@H](N3CCN(c4ccc(C(=O)NC)nc4C(F)(F)F)CC3)C2)[nH]c1=O. The summed E-state index contributed by atoms with van der Waals surface area (Å²) in [5.74, 6) is -0.358. The first-order valence-corrected chi connectivity index (χ1v) is 11.7. The number of halogens is 3. The first-order valence-electron chi connectivity index (χ1n) is 11.7. The summed E-state index contributed by atoms with van der Waals surface area (Å²) in [5.41, 5.74) is 0.471. The smallest absolute Gasteiger partial charge is 0.367 e. The maximum Gasteiger partial charge on any atom is 0.435 e. The van der Waals surface area contributed by atoms with E-state index in [2.05, 4.69) is 20.2 Å². The lowest BCUT2D eigenvalue weighted by atomic mass is 10.0. The second kappa shape index (κ2) is 9.77. The van der Waals surface area contributed by atoms with Gasteiger partial charge in [0.1, 0.15) is 5.69 Å². The molecule has 2 atom stereocenters. The largest absolute Gasteiger partial charge is 0.435 e. The van der Waals surface area contributed by atoms with Crippen molar-refractivity contribution >= 4 is 11.6 Å². The number of alkyl halides is 3. The van der Waals surface area contributed by atoms with E-state index in [1.807, 2.05) is 19.1 Å². The van der Waals surface area contributed by atoms with E-state index in [1.54, 1.807) is 4.90 Å². The summed E-state index contributed by atoms with van der Waals surface area (Å²) in [6, 6.07) is 6.94. The van der Waals surface area contributed by atoms with Crippen molar-refractivity contribution in [2.75, 3.05) is 38.1 Å². The van der Waals surface area contributed by atoms with E-state index in [0.29, 0.717) is 44.6 Å². The predicted molar refractivity (Wildman–Crippen MR) is 123 cm³/mol. The summed E-state index contributed by atoms with van der Waals surface area (Å²) in [4.78, 5) is 34.7. The van der Waals surface area contributed by atoms with Crippen LogP contribution in [0.3, 0.4) is 0 Å². The Labute approximate surface area is 196 Å². The highest BCUT2D eigenvalue weighted by Crippen LogP contribution is 2.38. The monoisotopic (exact) mass is 477 g/mol. The number of anilines is 1. The number of hydrogen-bond acceptors (Lipinski definition) is 5. The molecule has 1 saturated carbocycles. The Morgan fingerprint density at radius 1 is 1.15 bits per heavy atom. The molecule has 1 amide bonds. The fourth-order valence-corrected chi connectivity index (χ4v) is 5.11. The van der Waals surface area contributed by atoms with E-state index < -0.39 is 17.8 Å². The molecule has 2 N–H and O–H groups in total. The molecule has 2 aromatic rings. The van der Waals surface area contributed by atoms with Crippen LogP contribution >= 0.6 is 0 Å². The van der Waals surface area contributed by atoms with E-state index in [9.17, 15) is 22.8 Å². The number of aromatic nitrogens is 2. The van der Waals surface area contributed by atoms with Crippen molar-refractivity contribution in [1.29, 1.82) is 0 Å². The zero-order chi connectivity index (χ0) is 24.5. The zero-order valence-corrected chi connectivity index (χ0v) is 19.4. The van der Waals surface area contributed by atoms with Crippen molar-refractivity contribution in [3.05, 3.63) is 57.3 Å². The number of rotatable bonds is 5. The number of aromatic amines is 1. The van der Waals surface area contributed by atoms with Gasteiger partial charge in [0.2, 0.25) is 0 Å². The lowest BCUT2D eigenvalue weighted by Crippen LogP contribution is -2.50. The van der Waals surface area contributed by atoms with Gasteiger partial charge in [0.05, 0.1) is 5.69 Å². The predicted octanol–water partition coefficient (Wildman–Crippen LogP) is 3.17. The van der Waals surface area contributed by atoms with Gasteiger partial charge in [-0.15, -0.1) is 0 Å². The van der Waals surface area contributed by atoms with Gasteiger partial charge in [-0.25, -0.2) is 4.98 Å². The van der Waals surface area contributed by atoms with Gasteiger partial charge in [0.15, 0.2) is 5.69 Å². The minimum absolute atomic E-state index is 0.0118. The van der Waals surface area contributed by atoms with Gasteiger partial charge in [-0.3, -0.25) is 14.5 Å². The summed E-state index contributed by atoms with van der Waals surface area (Å²) < 4.78 is 41.1. The number of carbonyl (C=O) groups excluding carboxylic acids is 1. The Hall–Kier alpha value is -2.88. The summed E-state index contributed by atoms with van der Waals surface area (Å²) in [6.45, 7) is 4.16. The van der Waals surface area contributed by atoms with Crippen LogP contribution in [0.25, 0.3) is 0 Å². The molecule has 34 heavy (non-hydrogen) atoms. The van der Waals surface area contributed by atoms with Crippen LogP contribution in [0.2, 0.25) is 0 Å². The Morgan fingerprint density at radius 2 is 1.88 bits per heavy atom. The number of piperazine rings is 1. The summed E-state index contributed by atoms with van der Waals surface area (Å²) in [6.07, 6.45) is -1.04. The minimum Gasteiger partial charge on any atom is -0.367 e. The molecule has 1 aliphatic heterocycles. The molecule has 3 heterocycles. The topological polar surface area (TPSA) is 81.3 Å². The Balaban J connectivity index is 1.41. The van der Waals surface area contributed by atoms with Gasteiger partial charge in [-0.2, -0.15) is 13.2 Å². The number of amides is 1. The van der Waals surface area contributed by atoms with E-state index in [1.165, 1.54) is 19.2 Å². The molecule has 10 heteroatoms. The number of carbonyl (C=O) groups is 1. The highest BCUT2D eigenvalue weighted by Gasteiger charge is 2.39. The average Bonchev–Trinajstić information content (AvgIpc) is 3.33. The quantitative estimate of drug-likeness (QED) is 0.692. The van der Waals surface area contributed by atoms with Gasteiger partial charge in [0.25, 0.3) is 11.5 Å². The summed E-state index contributed by atoms with van der Waals surface area (Å²) in [5, 5.41) is 2.31. The third-order valence-electron chi connectivity index (χ3n) is 7.01. The Morgan fingerprint density at radius 3 is 2.50 bits per heavy atom. The molecule has 0 spiro atoms. The number of hydrogen-bond donors (Lipinski definition) is 2. The van der Waals surface area contributed by atoms with Crippen LogP contribution in [0.1, 0.15) is 59.5 Å². The average molecular weight is 478 g/mol. The molecule has 0 bridgehead atoms. The summed E-state index contributed by atoms with van der Waals surface area (Å²) >= 11 is 0. The highest BCUT2D eigenvalue weighted by molar-refractivity contribution is 5.92. The molecule has 2 aliphatic rings. The standard InChI is InChI=1S/C24H30F3N5O2/c1-3-15-5-7-18(30-22(15)33)16-4-6-17(14-16)31-10-12-32(13-11-31)20-9-8-19(23(34)28-2)29-21(20)24(25,26)27/h5,7-9,16-17H,3-4,6,10-14H2,1-2H3,(H,28,34)(H,30,33)/t16-,17+/m1/s1. The number of nitrogens with zero attached hydrogens (tertiary/aromatic N) is 3. The minimum atomic E-state index is -4.65. The highest BCUT2D eigenvalue weighted by atomic mass is 19.4. The van der Waals surface area contributed by atoms with Crippen LogP contribution in [-0.4, -0.2) is 60.0 Å². The molecular weight excluding hydrogens is 447 g/mol. The maximum atomic E-state index is 13.7. The third-order valence-corrected chi connectivity index (χ3v) is 7.01. The molecule has 2 aromatic heterocycles. The normalized spacial score (nSPS) is 21.6. The van der Waals surface area contributed by atoms with Crippen LogP contribution in [0.5, 0.6) is 0 Å². The van der Waals surface area contributed by atoms with Crippen LogP contribution < -0.4 is 15.8 Å². The van der Waals surface area contributed by atoms with Crippen molar-refractivity contribution in [2.24, 2.45) is 0 Å². The van der Waals surface area contributed by atoms with Gasteiger partial charge < -0.3 is 15.2 Å². The number of H-pyrrole nitrogens is 1. The molecule has 7 nitrogen and oxygen atoms in total. The van der Waals surface area contributed by atoms with Crippen LogP contribution in [0.4, 0.5) is 18.9 Å². The van der Waals surface area contributed by atoms with E-state index >= 15 is 0 Å². The van der Waals surface area contributed by atoms with Crippen molar-refractivity contribution in [3.63, 3.8) is 0 Å². The molecule has 0 aromatic carbocycles. The third kappa shape index (κ3) is 4.96. The molecule has 184 valence electrons. The summed E-state index contributed by atoms with van der Waals surface area (Å²) in [7, 11) is 1.36. The zero-order valence-electron chi connectivity index (χ0n) is 19.4. The molecule has 0 radical (unpaired) electrons. The van der Waals surface area contributed by atoms with Gasteiger partial charge in [0, 0.05) is 56.4 Å². The lowest BCUT2D eigenvalue weighted by molar-refractivity contribution is -0.140. The van der Waals surface area contributed by atoms with Crippen molar-refractivity contribution < 1.29 is 18.0 Å². The Bertz CT molecular complexity index is 1090. The molecule has 1 aliphatic carbocycles. The molecule has 2 fully saturated rings. The molecule has 4 rings (SSSR count). The van der Waals surface area contributed by atoms with Crippen molar-refractivity contribution in [2.45, 2.75) is 50.7 Å². The van der Waals surface area contributed by atoms with Gasteiger partial charge in [-0.1, -0.05) is 13.0 Å². The van der Waals surface area contributed by atoms with Gasteiger partial charge >= 0.3 is 6.18 Å². The fraction of sp³-hybridized carbons (Fsp3) is 0.542. The number of pyridine rings is 2. The fourth-order valence-electron chi connectivity index (χ4n) is 5.11. The van der Waals surface area contributed by atoms with E-state index in [4.69, 9.17) is 0 Å². The second-order valence-electron chi connectivity index (χ2n) is 8.95. The van der Waals surface area contributed by atoms with Crippen LogP contribution in [-0.2, 0) is 12.6 Å². The van der Waals surface area contributed by atoms with E-state index in [-0.39, 0.29) is 16.9 Å². The second-order valence-corrected chi connectivity index (χ2v) is 8.95. The lowest BCUT2D eigenvalue weighted by Gasteiger charge is -2.39. The molecular formula is C24H30F3N5O2. The van der Waals surface area contributed by atoms with Crippen molar-refractivity contribution in [3.8, 4) is 0 Å². The Kier molecular flexibility index (Phi) is 6.97. The van der Waals surface area contributed by atoms with Crippen LogP contribution in [0.15, 0.2) is 29.1 Å². The molecule has 1 saturated heterocycles. The number of nitrogens with one attached hydrogen (secondary N) is 2.